The summed E-state index contributed by atoms with van der Waals surface area (Å²) >= 11 is 0. The van der Waals surface area contributed by atoms with Crippen LogP contribution in [0.25, 0.3) is 0 Å². The Bertz CT molecular complexity index is 366. The van der Waals surface area contributed by atoms with E-state index in [9.17, 15) is 9.18 Å². The number of rotatable bonds is 4. The first kappa shape index (κ1) is 12.5. The van der Waals surface area contributed by atoms with Gasteiger partial charge in [0.2, 0.25) is 0 Å². The first-order chi connectivity index (χ1) is 7.56. The molecule has 0 saturated carbocycles. The SMILES string of the molecule is CC[C@@H](Oc1ccccc1F)C(=O)N(C)C. The van der Waals surface area contributed by atoms with Crippen LogP contribution < -0.4 is 4.74 Å². The summed E-state index contributed by atoms with van der Waals surface area (Å²) in [7, 11) is 3.30. The number of ether oxygens (including phenoxy) is 1. The number of carbonyl (C=O) groups excluding carboxylic acids is 1. The monoisotopic (exact) mass is 225 g/mol. The van der Waals surface area contributed by atoms with Crippen LogP contribution in [0.4, 0.5) is 4.39 Å². The molecule has 0 unspecified atom stereocenters. The van der Waals surface area contributed by atoms with Crippen LogP contribution in [0, 0.1) is 5.82 Å². The van der Waals surface area contributed by atoms with Gasteiger partial charge in [0.15, 0.2) is 17.7 Å². The van der Waals surface area contributed by atoms with Gasteiger partial charge in [0, 0.05) is 14.1 Å². The number of para-hydroxylation sites is 1. The van der Waals surface area contributed by atoms with E-state index in [-0.39, 0.29) is 11.7 Å². The van der Waals surface area contributed by atoms with E-state index >= 15 is 0 Å². The minimum atomic E-state index is -0.633. The molecule has 0 aromatic heterocycles. The van der Waals surface area contributed by atoms with Crippen molar-refractivity contribution in [3.05, 3.63) is 30.1 Å². The summed E-state index contributed by atoms with van der Waals surface area (Å²) in [4.78, 5) is 13.1. The molecule has 0 heterocycles. The van der Waals surface area contributed by atoms with Crippen LogP contribution in [0.3, 0.4) is 0 Å². The van der Waals surface area contributed by atoms with Crippen molar-refractivity contribution in [2.75, 3.05) is 14.1 Å². The Morgan fingerprint density at radius 2 is 2.06 bits per heavy atom. The van der Waals surface area contributed by atoms with Gasteiger partial charge in [-0.1, -0.05) is 19.1 Å². The van der Waals surface area contributed by atoms with Gasteiger partial charge < -0.3 is 9.64 Å². The van der Waals surface area contributed by atoms with E-state index in [1.165, 1.54) is 17.0 Å². The third kappa shape index (κ3) is 2.95. The van der Waals surface area contributed by atoms with E-state index in [2.05, 4.69) is 0 Å². The van der Waals surface area contributed by atoms with E-state index in [4.69, 9.17) is 4.74 Å². The fraction of sp³-hybridized carbons (Fsp3) is 0.417. The van der Waals surface area contributed by atoms with Crippen LogP contribution in [0.5, 0.6) is 5.75 Å². The second-order valence-electron chi connectivity index (χ2n) is 3.68. The zero-order valence-electron chi connectivity index (χ0n) is 9.74. The van der Waals surface area contributed by atoms with Gasteiger partial charge in [-0.2, -0.15) is 0 Å². The summed E-state index contributed by atoms with van der Waals surface area (Å²) in [5.41, 5.74) is 0. The molecule has 0 aliphatic carbocycles. The number of benzene rings is 1. The quantitative estimate of drug-likeness (QED) is 0.785. The first-order valence-electron chi connectivity index (χ1n) is 5.18. The summed E-state index contributed by atoms with van der Waals surface area (Å²) in [6, 6.07) is 6.07. The highest BCUT2D eigenvalue weighted by Crippen LogP contribution is 2.18. The van der Waals surface area contributed by atoms with Gasteiger partial charge in [-0.05, 0) is 18.6 Å². The smallest absolute Gasteiger partial charge is 0.263 e. The summed E-state index contributed by atoms with van der Waals surface area (Å²) in [6.07, 6.45) is -0.127. The number of nitrogens with zero attached hydrogens (tertiary/aromatic N) is 1. The van der Waals surface area contributed by atoms with Crippen LogP contribution in [0.1, 0.15) is 13.3 Å². The Morgan fingerprint density at radius 3 is 2.56 bits per heavy atom. The average Bonchev–Trinajstić information content (AvgIpc) is 2.27. The molecule has 0 N–H and O–H groups in total. The highest BCUT2D eigenvalue weighted by molar-refractivity contribution is 5.80. The van der Waals surface area contributed by atoms with Gasteiger partial charge in [0.1, 0.15) is 0 Å². The highest BCUT2D eigenvalue weighted by atomic mass is 19.1. The molecule has 0 spiro atoms. The molecule has 16 heavy (non-hydrogen) atoms. The Balaban J connectivity index is 2.78. The van der Waals surface area contributed by atoms with E-state index in [1.54, 1.807) is 26.2 Å². The van der Waals surface area contributed by atoms with Crippen LogP contribution in [0.2, 0.25) is 0 Å². The Morgan fingerprint density at radius 1 is 1.44 bits per heavy atom. The minimum Gasteiger partial charge on any atom is -0.478 e. The standard InChI is InChI=1S/C12H16FNO2/c1-4-10(12(15)14(2)3)16-11-8-6-5-7-9(11)13/h5-8,10H,4H2,1-3H3/t10-/m1/s1. The molecule has 0 radical (unpaired) electrons. The maximum Gasteiger partial charge on any atom is 0.263 e. The minimum absolute atomic E-state index is 0.115. The van der Waals surface area contributed by atoms with Crippen molar-refractivity contribution < 1.29 is 13.9 Å². The van der Waals surface area contributed by atoms with Crippen molar-refractivity contribution in [1.29, 1.82) is 0 Å². The summed E-state index contributed by atoms with van der Waals surface area (Å²) < 4.78 is 18.7. The number of hydrogen-bond acceptors (Lipinski definition) is 2. The van der Waals surface area contributed by atoms with Gasteiger partial charge in [0.25, 0.3) is 5.91 Å². The van der Waals surface area contributed by atoms with Gasteiger partial charge in [0.05, 0.1) is 0 Å². The second-order valence-corrected chi connectivity index (χ2v) is 3.68. The van der Waals surface area contributed by atoms with E-state index in [0.29, 0.717) is 6.42 Å². The zero-order chi connectivity index (χ0) is 12.1. The van der Waals surface area contributed by atoms with Crippen molar-refractivity contribution in [1.82, 2.24) is 4.90 Å². The van der Waals surface area contributed by atoms with Crippen molar-refractivity contribution >= 4 is 5.91 Å². The third-order valence-corrected chi connectivity index (χ3v) is 2.19. The lowest BCUT2D eigenvalue weighted by Crippen LogP contribution is -2.37. The summed E-state index contributed by atoms with van der Waals surface area (Å²) in [5.74, 6) is -0.497. The number of carbonyl (C=O) groups is 1. The zero-order valence-corrected chi connectivity index (χ0v) is 9.74. The molecule has 88 valence electrons. The van der Waals surface area contributed by atoms with Crippen LogP contribution in [0.15, 0.2) is 24.3 Å². The second kappa shape index (κ2) is 5.49. The normalized spacial score (nSPS) is 12.0. The lowest BCUT2D eigenvalue weighted by molar-refractivity contribution is -0.136. The van der Waals surface area contributed by atoms with Gasteiger partial charge in [-0.3, -0.25) is 4.79 Å². The van der Waals surface area contributed by atoms with Gasteiger partial charge in [-0.25, -0.2) is 4.39 Å². The fourth-order valence-electron chi connectivity index (χ4n) is 1.29. The molecule has 1 aromatic carbocycles. The van der Waals surface area contributed by atoms with Gasteiger partial charge in [-0.15, -0.1) is 0 Å². The molecule has 1 aromatic rings. The summed E-state index contributed by atoms with van der Waals surface area (Å²) in [5, 5.41) is 0. The first-order valence-corrected chi connectivity index (χ1v) is 5.18. The van der Waals surface area contributed by atoms with Crippen molar-refractivity contribution in [3.63, 3.8) is 0 Å². The molecule has 0 fully saturated rings. The van der Waals surface area contributed by atoms with Crippen molar-refractivity contribution in [2.24, 2.45) is 0 Å². The number of halogens is 1. The molecular formula is C12H16FNO2. The van der Waals surface area contributed by atoms with Crippen molar-refractivity contribution in [3.8, 4) is 5.75 Å². The summed E-state index contributed by atoms with van der Waals surface area (Å²) in [6.45, 7) is 1.83. The fourth-order valence-corrected chi connectivity index (χ4v) is 1.29. The predicted octanol–water partition coefficient (Wildman–Crippen LogP) is 2.07. The Hall–Kier alpha value is -1.58. The van der Waals surface area contributed by atoms with Crippen LogP contribution >= 0.6 is 0 Å². The molecule has 0 aliphatic heterocycles. The highest BCUT2D eigenvalue weighted by Gasteiger charge is 2.21. The van der Waals surface area contributed by atoms with Gasteiger partial charge >= 0.3 is 0 Å². The Kier molecular flexibility index (Phi) is 4.28. The topological polar surface area (TPSA) is 29.5 Å². The molecule has 0 bridgehead atoms. The average molecular weight is 225 g/mol. The molecule has 1 rings (SSSR count). The van der Waals surface area contributed by atoms with Crippen molar-refractivity contribution in [2.45, 2.75) is 19.4 Å². The predicted molar refractivity (Wildman–Crippen MR) is 59.8 cm³/mol. The molecule has 1 atom stereocenters. The lowest BCUT2D eigenvalue weighted by Gasteiger charge is -2.20. The maximum atomic E-state index is 13.3. The van der Waals surface area contributed by atoms with E-state index < -0.39 is 11.9 Å². The maximum absolute atomic E-state index is 13.3. The van der Waals surface area contributed by atoms with Crippen LogP contribution in [-0.2, 0) is 4.79 Å². The van der Waals surface area contributed by atoms with E-state index in [1.807, 2.05) is 6.92 Å². The molecule has 3 nitrogen and oxygen atoms in total. The number of amides is 1. The third-order valence-electron chi connectivity index (χ3n) is 2.19. The molecule has 1 amide bonds. The molecule has 0 aliphatic rings. The lowest BCUT2D eigenvalue weighted by atomic mass is 10.2. The number of hydrogen-bond donors (Lipinski definition) is 0. The Labute approximate surface area is 94.8 Å². The molecule has 4 heteroatoms. The largest absolute Gasteiger partial charge is 0.478 e. The van der Waals surface area contributed by atoms with Crippen LogP contribution in [-0.4, -0.2) is 31.0 Å². The van der Waals surface area contributed by atoms with E-state index in [0.717, 1.165) is 0 Å². The number of likely N-dealkylation sites (N-methyl/N-ethyl adjacent to an activating group) is 1. The molecule has 0 saturated heterocycles. The molecular weight excluding hydrogens is 209 g/mol.